The van der Waals surface area contributed by atoms with Crippen LogP contribution in [0.4, 0.5) is 0 Å². The third-order valence-corrected chi connectivity index (χ3v) is 1.44. The molecule has 0 fully saturated rings. The van der Waals surface area contributed by atoms with Crippen LogP contribution in [0.3, 0.4) is 0 Å². The lowest BCUT2D eigenvalue weighted by atomic mass is 10.2. The number of aromatic nitrogens is 2. The zero-order valence-electron chi connectivity index (χ0n) is 7.43. The Bertz CT molecular complexity index is 320. The van der Waals surface area contributed by atoms with Crippen molar-refractivity contribution in [2.24, 2.45) is 5.73 Å². The van der Waals surface area contributed by atoms with Gasteiger partial charge in [-0.25, -0.2) is 14.8 Å². The van der Waals surface area contributed by atoms with Crippen molar-refractivity contribution in [3.05, 3.63) is 23.3 Å². The summed E-state index contributed by atoms with van der Waals surface area (Å²) in [5, 5.41) is 8.62. The first-order valence-corrected chi connectivity index (χ1v) is 3.41. The highest BCUT2D eigenvalue weighted by Gasteiger charge is 2.08. The molecule has 1 aromatic heterocycles. The van der Waals surface area contributed by atoms with E-state index in [1.807, 2.05) is 0 Å². The molecule has 3 N–H and O–H groups in total. The van der Waals surface area contributed by atoms with Crippen molar-refractivity contribution in [1.82, 2.24) is 9.97 Å². The van der Waals surface area contributed by atoms with Crippen LogP contribution in [0, 0.1) is 6.92 Å². The monoisotopic (exact) mass is 239 g/mol. The van der Waals surface area contributed by atoms with E-state index in [0.29, 0.717) is 11.5 Å². The van der Waals surface area contributed by atoms with Crippen molar-refractivity contribution in [3.63, 3.8) is 0 Å². The normalized spacial score (nSPS) is 8.43. The van der Waals surface area contributed by atoms with Crippen molar-refractivity contribution in [2.75, 3.05) is 0 Å². The van der Waals surface area contributed by atoms with Gasteiger partial charge in [0.2, 0.25) is 0 Å². The number of halogens is 2. The lowest BCUT2D eigenvalue weighted by Gasteiger charge is -2.00. The number of carboxylic acid groups (broad SMARTS) is 1. The van der Waals surface area contributed by atoms with Gasteiger partial charge in [-0.2, -0.15) is 0 Å². The molecule has 0 radical (unpaired) electrons. The van der Waals surface area contributed by atoms with Crippen LogP contribution in [-0.4, -0.2) is 21.0 Å². The topological polar surface area (TPSA) is 89.1 Å². The predicted molar refractivity (Wildman–Crippen MR) is 56.1 cm³/mol. The fourth-order valence-corrected chi connectivity index (χ4v) is 0.823. The van der Waals surface area contributed by atoms with Crippen molar-refractivity contribution >= 4 is 30.8 Å². The van der Waals surface area contributed by atoms with E-state index in [1.54, 1.807) is 6.92 Å². The van der Waals surface area contributed by atoms with E-state index in [9.17, 15) is 4.79 Å². The van der Waals surface area contributed by atoms with Crippen LogP contribution >= 0.6 is 24.8 Å². The second kappa shape index (κ2) is 6.53. The van der Waals surface area contributed by atoms with E-state index in [4.69, 9.17) is 10.8 Å². The fourth-order valence-electron chi connectivity index (χ4n) is 0.823. The summed E-state index contributed by atoms with van der Waals surface area (Å²) in [6, 6.07) is 0. The van der Waals surface area contributed by atoms with Crippen LogP contribution in [0.5, 0.6) is 0 Å². The van der Waals surface area contributed by atoms with Gasteiger partial charge in [0.1, 0.15) is 5.82 Å². The van der Waals surface area contributed by atoms with E-state index < -0.39 is 5.97 Å². The Kier molecular flexibility index (Phi) is 7.26. The minimum atomic E-state index is -1.02. The molecule has 0 saturated carbocycles. The molecule has 0 amide bonds. The first kappa shape index (κ1) is 15.6. The summed E-state index contributed by atoms with van der Waals surface area (Å²) >= 11 is 0. The average Bonchev–Trinajstić information content (AvgIpc) is 2.03. The predicted octanol–water partition coefficient (Wildman–Crippen LogP) is 0.786. The molecule has 80 valence electrons. The van der Waals surface area contributed by atoms with E-state index in [0.717, 1.165) is 0 Å². The third kappa shape index (κ3) is 3.45. The van der Waals surface area contributed by atoms with Crippen molar-refractivity contribution in [3.8, 4) is 0 Å². The average molecular weight is 240 g/mol. The highest BCUT2D eigenvalue weighted by Crippen LogP contribution is 2.02. The Labute approximate surface area is 93.6 Å². The number of nitrogens with zero attached hydrogens (tertiary/aromatic N) is 2. The maximum absolute atomic E-state index is 10.5. The van der Waals surface area contributed by atoms with Crippen LogP contribution in [0.15, 0.2) is 6.20 Å². The van der Waals surface area contributed by atoms with Gasteiger partial charge in [-0.15, -0.1) is 24.8 Å². The maximum Gasteiger partial charge on any atom is 0.339 e. The van der Waals surface area contributed by atoms with E-state index >= 15 is 0 Å². The van der Waals surface area contributed by atoms with Gasteiger partial charge in [0.05, 0.1) is 17.8 Å². The van der Waals surface area contributed by atoms with Gasteiger partial charge >= 0.3 is 5.97 Å². The largest absolute Gasteiger partial charge is 0.478 e. The van der Waals surface area contributed by atoms with Crippen LogP contribution in [-0.2, 0) is 6.54 Å². The minimum Gasteiger partial charge on any atom is -0.478 e. The SMILES string of the molecule is Cc1nc(CN)ncc1C(=O)O.Cl.Cl. The summed E-state index contributed by atoms with van der Waals surface area (Å²) in [5.41, 5.74) is 5.83. The molecule has 1 aromatic rings. The van der Waals surface area contributed by atoms with Crippen LogP contribution in [0.25, 0.3) is 0 Å². The number of rotatable bonds is 2. The van der Waals surface area contributed by atoms with Gasteiger partial charge in [-0.05, 0) is 6.92 Å². The van der Waals surface area contributed by atoms with Crippen LogP contribution in [0.2, 0.25) is 0 Å². The van der Waals surface area contributed by atoms with Gasteiger partial charge in [0.15, 0.2) is 0 Å². The molecule has 0 atom stereocenters. The highest BCUT2D eigenvalue weighted by atomic mass is 35.5. The molecule has 5 nitrogen and oxygen atoms in total. The quantitative estimate of drug-likeness (QED) is 0.797. The standard InChI is InChI=1S/C7H9N3O2.2ClH/c1-4-5(7(11)12)3-9-6(2-8)10-4;;/h3H,2,8H2,1H3,(H,11,12);2*1H. The molecule has 0 saturated heterocycles. The number of carboxylic acids is 1. The van der Waals surface area contributed by atoms with Crippen molar-refractivity contribution in [2.45, 2.75) is 13.5 Å². The molecule has 0 aliphatic carbocycles. The molecule has 0 aromatic carbocycles. The third-order valence-electron chi connectivity index (χ3n) is 1.44. The zero-order valence-corrected chi connectivity index (χ0v) is 9.06. The lowest BCUT2D eigenvalue weighted by Crippen LogP contribution is -2.08. The van der Waals surface area contributed by atoms with E-state index in [2.05, 4.69) is 9.97 Å². The van der Waals surface area contributed by atoms with Gasteiger partial charge in [-0.1, -0.05) is 0 Å². The molecule has 0 bridgehead atoms. The minimum absolute atomic E-state index is 0. The Morgan fingerprint density at radius 3 is 2.50 bits per heavy atom. The smallest absolute Gasteiger partial charge is 0.339 e. The van der Waals surface area contributed by atoms with Crippen LogP contribution in [0.1, 0.15) is 21.9 Å². The Hall–Kier alpha value is -0.910. The molecule has 0 aliphatic rings. The van der Waals surface area contributed by atoms with Gasteiger partial charge < -0.3 is 10.8 Å². The number of aromatic carboxylic acids is 1. The van der Waals surface area contributed by atoms with E-state index in [1.165, 1.54) is 6.20 Å². The number of carbonyl (C=O) groups is 1. The molecular formula is C7H11Cl2N3O2. The molecular weight excluding hydrogens is 229 g/mol. The first-order valence-electron chi connectivity index (χ1n) is 3.41. The fraction of sp³-hybridized carbons (Fsp3) is 0.286. The summed E-state index contributed by atoms with van der Waals surface area (Å²) in [7, 11) is 0. The number of hydrogen-bond donors (Lipinski definition) is 2. The second-order valence-electron chi connectivity index (χ2n) is 2.29. The number of nitrogens with two attached hydrogens (primary N) is 1. The molecule has 0 aliphatic heterocycles. The Morgan fingerprint density at radius 1 is 1.57 bits per heavy atom. The van der Waals surface area contributed by atoms with Crippen LogP contribution < -0.4 is 5.73 Å². The summed E-state index contributed by atoms with van der Waals surface area (Å²) in [6.07, 6.45) is 1.27. The highest BCUT2D eigenvalue weighted by molar-refractivity contribution is 5.88. The summed E-state index contributed by atoms with van der Waals surface area (Å²) < 4.78 is 0. The van der Waals surface area contributed by atoms with Crippen molar-refractivity contribution < 1.29 is 9.90 Å². The lowest BCUT2D eigenvalue weighted by molar-refractivity contribution is 0.0695. The van der Waals surface area contributed by atoms with Gasteiger partial charge in [0, 0.05) is 6.20 Å². The summed E-state index contributed by atoms with van der Waals surface area (Å²) in [6.45, 7) is 1.84. The molecule has 7 heteroatoms. The molecule has 14 heavy (non-hydrogen) atoms. The summed E-state index contributed by atoms with van der Waals surface area (Å²) in [5.74, 6) is -0.562. The number of hydrogen-bond acceptors (Lipinski definition) is 4. The maximum atomic E-state index is 10.5. The van der Waals surface area contributed by atoms with E-state index in [-0.39, 0.29) is 36.9 Å². The second-order valence-corrected chi connectivity index (χ2v) is 2.29. The van der Waals surface area contributed by atoms with Crippen molar-refractivity contribution in [1.29, 1.82) is 0 Å². The summed E-state index contributed by atoms with van der Waals surface area (Å²) in [4.78, 5) is 18.2. The molecule has 0 unspecified atom stereocenters. The molecule has 1 heterocycles. The Morgan fingerprint density at radius 2 is 2.14 bits per heavy atom. The molecule has 1 rings (SSSR count). The van der Waals surface area contributed by atoms with Gasteiger partial charge in [0.25, 0.3) is 0 Å². The first-order chi connectivity index (χ1) is 5.65. The Balaban J connectivity index is 0. The van der Waals surface area contributed by atoms with Gasteiger partial charge in [-0.3, -0.25) is 0 Å². The molecule has 0 spiro atoms. The zero-order chi connectivity index (χ0) is 9.14. The number of aryl methyl sites for hydroxylation is 1.